The maximum absolute atomic E-state index is 6.24. The van der Waals surface area contributed by atoms with Gasteiger partial charge in [0.2, 0.25) is 5.95 Å². The van der Waals surface area contributed by atoms with Crippen LogP contribution in [-0.2, 0) is 0 Å². The van der Waals surface area contributed by atoms with E-state index in [4.69, 9.17) is 16.6 Å². The molecule has 2 aromatic heterocycles. The minimum Gasteiger partial charge on any atom is -0.341 e. The summed E-state index contributed by atoms with van der Waals surface area (Å²) in [6.45, 7) is 3.93. The molecule has 128 valence electrons. The number of aryl methyl sites for hydroxylation is 1. The van der Waals surface area contributed by atoms with Gasteiger partial charge in [-0.15, -0.1) is 0 Å². The van der Waals surface area contributed by atoms with Crippen molar-refractivity contribution in [3.8, 4) is 0 Å². The van der Waals surface area contributed by atoms with Gasteiger partial charge in [-0.3, -0.25) is 0 Å². The Kier molecular flexibility index (Phi) is 4.36. The molecule has 4 rings (SSSR count). The molecule has 1 saturated heterocycles. The fourth-order valence-corrected chi connectivity index (χ4v) is 3.16. The van der Waals surface area contributed by atoms with E-state index in [1.165, 1.54) is 6.42 Å². The molecule has 0 bridgehead atoms. The smallest absolute Gasteiger partial charge is 0.229 e. The average molecular weight is 355 g/mol. The average Bonchev–Trinajstić information content (AvgIpc) is 2.65. The van der Waals surface area contributed by atoms with Crippen LogP contribution in [-0.4, -0.2) is 33.0 Å². The molecule has 3 heterocycles. The molecular weight excluding hydrogens is 336 g/mol. The fourth-order valence-electron chi connectivity index (χ4n) is 2.98. The van der Waals surface area contributed by atoms with Crippen LogP contribution in [0.2, 0.25) is 5.02 Å². The number of benzene rings is 1. The maximum Gasteiger partial charge on any atom is 0.229 e. The summed E-state index contributed by atoms with van der Waals surface area (Å²) < 4.78 is 0. The summed E-state index contributed by atoms with van der Waals surface area (Å²) >= 11 is 6.24. The van der Waals surface area contributed by atoms with Gasteiger partial charge in [-0.25, -0.2) is 9.97 Å². The molecule has 1 aromatic carbocycles. The molecule has 3 aromatic rings. The Labute approximate surface area is 151 Å². The number of nitrogens with one attached hydrogen (secondary N) is 1. The quantitative estimate of drug-likeness (QED) is 0.763. The van der Waals surface area contributed by atoms with Crippen molar-refractivity contribution in [3.63, 3.8) is 0 Å². The molecule has 6 nitrogen and oxygen atoms in total. The second kappa shape index (κ2) is 6.80. The third kappa shape index (κ3) is 3.35. The van der Waals surface area contributed by atoms with Gasteiger partial charge in [0.15, 0.2) is 17.0 Å². The lowest BCUT2D eigenvalue weighted by molar-refractivity contribution is 0.569. The van der Waals surface area contributed by atoms with Crippen molar-refractivity contribution in [2.45, 2.75) is 26.2 Å². The summed E-state index contributed by atoms with van der Waals surface area (Å²) in [6, 6.07) is 5.85. The Hall–Kier alpha value is -2.47. The Morgan fingerprint density at radius 2 is 1.84 bits per heavy atom. The lowest BCUT2D eigenvalue weighted by Gasteiger charge is -2.27. The second-order valence-electron chi connectivity index (χ2n) is 6.24. The Bertz CT molecular complexity index is 907. The van der Waals surface area contributed by atoms with E-state index in [0.29, 0.717) is 28.0 Å². The first kappa shape index (κ1) is 16.0. The van der Waals surface area contributed by atoms with E-state index < -0.39 is 0 Å². The zero-order valence-corrected chi connectivity index (χ0v) is 14.8. The number of nitrogens with zero attached hydrogens (tertiary/aromatic N) is 5. The highest BCUT2D eigenvalue weighted by Gasteiger charge is 2.17. The van der Waals surface area contributed by atoms with Crippen LogP contribution >= 0.6 is 11.6 Å². The van der Waals surface area contributed by atoms with E-state index in [2.05, 4.69) is 25.2 Å². The van der Waals surface area contributed by atoms with Gasteiger partial charge in [-0.1, -0.05) is 17.7 Å². The molecule has 1 aliphatic rings. The zero-order chi connectivity index (χ0) is 17.2. The van der Waals surface area contributed by atoms with Crippen LogP contribution < -0.4 is 10.2 Å². The lowest BCUT2D eigenvalue weighted by atomic mass is 10.1. The van der Waals surface area contributed by atoms with Crippen LogP contribution in [0.3, 0.4) is 0 Å². The molecule has 1 fully saturated rings. The van der Waals surface area contributed by atoms with E-state index in [1.54, 1.807) is 12.4 Å². The first-order valence-corrected chi connectivity index (χ1v) is 8.85. The van der Waals surface area contributed by atoms with Crippen molar-refractivity contribution in [2.75, 3.05) is 23.3 Å². The predicted octanol–water partition coefficient (Wildman–Crippen LogP) is 4.12. The van der Waals surface area contributed by atoms with Crippen LogP contribution in [0.15, 0.2) is 30.6 Å². The third-order valence-corrected chi connectivity index (χ3v) is 4.80. The molecule has 0 saturated carbocycles. The van der Waals surface area contributed by atoms with Crippen LogP contribution in [0.4, 0.5) is 17.5 Å². The molecular formula is C18H19ClN6. The molecule has 0 spiro atoms. The molecule has 0 aliphatic carbocycles. The maximum atomic E-state index is 6.24. The third-order valence-electron chi connectivity index (χ3n) is 4.39. The summed E-state index contributed by atoms with van der Waals surface area (Å²) in [5, 5.41) is 4.04. The monoisotopic (exact) mass is 354 g/mol. The second-order valence-corrected chi connectivity index (χ2v) is 6.64. The number of fused-ring (bicyclic) bond motifs is 1. The summed E-state index contributed by atoms with van der Waals surface area (Å²) in [5.41, 5.74) is 3.15. The van der Waals surface area contributed by atoms with Crippen LogP contribution in [0.5, 0.6) is 0 Å². The fraction of sp³-hybridized carbons (Fsp3) is 0.333. The van der Waals surface area contributed by atoms with Crippen LogP contribution in [0.25, 0.3) is 11.2 Å². The molecule has 0 unspecified atom stereocenters. The number of rotatable bonds is 3. The zero-order valence-electron chi connectivity index (χ0n) is 14.0. The number of hydrogen-bond donors (Lipinski definition) is 1. The van der Waals surface area contributed by atoms with E-state index in [1.807, 2.05) is 25.1 Å². The van der Waals surface area contributed by atoms with Gasteiger partial charge >= 0.3 is 0 Å². The van der Waals surface area contributed by atoms with Crippen molar-refractivity contribution in [2.24, 2.45) is 0 Å². The van der Waals surface area contributed by atoms with Gasteiger partial charge in [0, 0.05) is 36.2 Å². The summed E-state index contributed by atoms with van der Waals surface area (Å²) in [7, 11) is 0. The number of halogens is 1. The summed E-state index contributed by atoms with van der Waals surface area (Å²) in [4.78, 5) is 20.3. The molecule has 25 heavy (non-hydrogen) atoms. The van der Waals surface area contributed by atoms with Gasteiger partial charge in [0.1, 0.15) is 0 Å². The minimum absolute atomic E-state index is 0.596. The topological polar surface area (TPSA) is 66.8 Å². The Morgan fingerprint density at radius 3 is 2.64 bits per heavy atom. The first-order chi connectivity index (χ1) is 12.2. The van der Waals surface area contributed by atoms with Gasteiger partial charge in [0.05, 0.1) is 0 Å². The normalized spacial score (nSPS) is 14.7. The highest BCUT2D eigenvalue weighted by Crippen LogP contribution is 2.27. The Morgan fingerprint density at radius 1 is 1.04 bits per heavy atom. The largest absolute Gasteiger partial charge is 0.341 e. The van der Waals surface area contributed by atoms with Gasteiger partial charge in [-0.2, -0.15) is 9.97 Å². The number of piperidine rings is 1. The highest BCUT2D eigenvalue weighted by molar-refractivity contribution is 6.31. The number of hydrogen-bond acceptors (Lipinski definition) is 6. The highest BCUT2D eigenvalue weighted by atomic mass is 35.5. The number of anilines is 3. The van der Waals surface area contributed by atoms with E-state index in [9.17, 15) is 0 Å². The van der Waals surface area contributed by atoms with Gasteiger partial charge in [0.25, 0.3) is 0 Å². The molecule has 0 atom stereocenters. The van der Waals surface area contributed by atoms with Crippen LogP contribution in [0.1, 0.15) is 24.8 Å². The number of aromatic nitrogens is 4. The lowest BCUT2D eigenvalue weighted by Crippen LogP contribution is -2.31. The molecule has 7 heteroatoms. The molecule has 1 N–H and O–H groups in total. The summed E-state index contributed by atoms with van der Waals surface area (Å²) in [6.07, 6.45) is 6.90. The van der Waals surface area contributed by atoms with E-state index >= 15 is 0 Å². The first-order valence-electron chi connectivity index (χ1n) is 8.47. The van der Waals surface area contributed by atoms with Crippen molar-refractivity contribution < 1.29 is 0 Å². The van der Waals surface area contributed by atoms with E-state index in [0.717, 1.165) is 37.2 Å². The molecule has 1 aliphatic heterocycles. The minimum atomic E-state index is 0.596. The van der Waals surface area contributed by atoms with Gasteiger partial charge in [-0.05, 0) is 43.9 Å². The van der Waals surface area contributed by atoms with Crippen molar-refractivity contribution in [1.29, 1.82) is 0 Å². The van der Waals surface area contributed by atoms with Crippen LogP contribution in [0, 0.1) is 6.92 Å². The van der Waals surface area contributed by atoms with Crippen molar-refractivity contribution in [3.05, 3.63) is 41.2 Å². The predicted molar refractivity (Wildman–Crippen MR) is 101 cm³/mol. The SMILES string of the molecule is Cc1ccc(Nc2nc(N3CCCCC3)nc3nccnc23)cc1Cl. The van der Waals surface area contributed by atoms with Crippen molar-refractivity contribution in [1.82, 2.24) is 19.9 Å². The summed E-state index contributed by atoms with van der Waals surface area (Å²) in [5.74, 6) is 1.35. The standard InChI is InChI=1S/C18H19ClN6/c1-12-5-6-13(11-14(12)19)22-17-15-16(21-8-7-20-15)23-18(24-17)25-9-3-2-4-10-25/h5-8,11H,2-4,9-10H2,1H3,(H,21,22,23,24). The van der Waals surface area contributed by atoms with Gasteiger partial charge < -0.3 is 10.2 Å². The van der Waals surface area contributed by atoms with Crippen molar-refractivity contribution >= 4 is 40.2 Å². The Balaban J connectivity index is 1.76. The molecule has 0 radical (unpaired) electrons. The molecule has 0 amide bonds. The van der Waals surface area contributed by atoms with E-state index in [-0.39, 0.29) is 0 Å².